The fourth-order valence-electron chi connectivity index (χ4n) is 2.47. The van der Waals surface area contributed by atoms with Crippen LogP contribution < -0.4 is 16.0 Å². The first-order valence-electron chi connectivity index (χ1n) is 7.56. The third-order valence-corrected chi connectivity index (χ3v) is 3.71. The summed E-state index contributed by atoms with van der Waals surface area (Å²) in [6, 6.07) is 15.4. The number of carbonyl (C=O) groups excluding carboxylic acids is 1. The molecule has 0 aromatic heterocycles. The summed E-state index contributed by atoms with van der Waals surface area (Å²) >= 11 is 0. The Bertz CT molecular complexity index is 640. The van der Waals surface area contributed by atoms with Crippen molar-refractivity contribution in [2.45, 2.75) is 13.8 Å². The van der Waals surface area contributed by atoms with Crippen LogP contribution in [0.4, 0.5) is 11.4 Å². The molecule has 0 radical (unpaired) electrons. The van der Waals surface area contributed by atoms with E-state index in [0.717, 1.165) is 13.1 Å². The molecular weight excluding hydrogens is 274 g/mol. The number of amides is 1. The van der Waals surface area contributed by atoms with Crippen LogP contribution in [0.5, 0.6) is 0 Å². The first kappa shape index (κ1) is 15.9. The topological polar surface area (TPSA) is 58.4 Å². The first-order valence-corrected chi connectivity index (χ1v) is 7.56. The third kappa shape index (κ3) is 3.79. The molecule has 0 unspecified atom stereocenters. The molecule has 1 amide bonds. The van der Waals surface area contributed by atoms with Crippen molar-refractivity contribution in [1.29, 1.82) is 0 Å². The number of nitrogen functional groups attached to an aromatic ring is 1. The van der Waals surface area contributed by atoms with E-state index in [1.807, 2.05) is 24.3 Å². The normalized spacial score (nSPS) is 10.3. The molecule has 0 saturated carbocycles. The summed E-state index contributed by atoms with van der Waals surface area (Å²) < 4.78 is 0. The molecule has 2 aromatic rings. The molecule has 0 aliphatic heterocycles. The van der Waals surface area contributed by atoms with Gasteiger partial charge in [0.2, 0.25) is 0 Å². The quantitative estimate of drug-likeness (QED) is 0.806. The smallest absolute Gasteiger partial charge is 0.253 e. The number of hydrogen-bond donors (Lipinski definition) is 2. The molecule has 22 heavy (non-hydrogen) atoms. The maximum Gasteiger partial charge on any atom is 0.253 e. The SMILES string of the molecule is CCN(CCNC(=O)c1ccccc1N)c1ccccc1C. The van der Waals surface area contributed by atoms with Crippen LogP contribution in [0.3, 0.4) is 0 Å². The zero-order valence-electron chi connectivity index (χ0n) is 13.2. The second-order valence-corrected chi connectivity index (χ2v) is 5.21. The van der Waals surface area contributed by atoms with Crippen LogP contribution in [0, 0.1) is 6.92 Å². The van der Waals surface area contributed by atoms with Gasteiger partial charge in [-0.05, 0) is 37.6 Å². The van der Waals surface area contributed by atoms with Crippen molar-refractivity contribution in [3.8, 4) is 0 Å². The maximum atomic E-state index is 12.1. The van der Waals surface area contributed by atoms with E-state index in [1.54, 1.807) is 12.1 Å². The van der Waals surface area contributed by atoms with E-state index in [1.165, 1.54) is 11.3 Å². The van der Waals surface area contributed by atoms with Gasteiger partial charge in [0.15, 0.2) is 0 Å². The first-order chi connectivity index (χ1) is 10.6. The fraction of sp³-hybridized carbons (Fsp3) is 0.278. The Hall–Kier alpha value is -2.49. The highest BCUT2D eigenvalue weighted by atomic mass is 16.1. The number of nitrogens with zero attached hydrogens (tertiary/aromatic N) is 1. The van der Waals surface area contributed by atoms with Crippen LogP contribution in [0.25, 0.3) is 0 Å². The lowest BCUT2D eigenvalue weighted by Gasteiger charge is -2.25. The molecule has 0 heterocycles. The van der Waals surface area contributed by atoms with Crippen LogP contribution in [0.1, 0.15) is 22.8 Å². The second-order valence-electron chi connectivity index (χ2n) is 5.21. The van der Waals surface area contributed by atoms with E-state index >= 15 is 0 Å². The molecule has 0 aliphatic carbocycles. The van der Waals surface area contributed by atoms with Crippen LogP contribution >= 0.6 is 0 Å². The fourth-order valence-corrected chi connectivity index (χ4v) is 2.47. The van der Waals surface area contributed by atoms with E-state index in [-0.39, 0.29) is 5.91 Å². The molecule has 4 nitrogen and oxygen atoms in total. The summed E-state index contributed by atoms with van der Waals surface area (Å²) in [5.41, 5.74) is 9.30. The zero-order valence-corrected chi connectivity index (χ0v) is 13.2. The van der Waals surface area contributed by atoms with Gasteiger partial charge in [-0.1, -0.05) is 30.3 Å². The number of carbonyl (C=O) groups is 1. The number of aryl methyl sites for hydroxylation is 1. The summed E-state index contributed by atoms with van der Waals surface area (Å²) in [6.07, 6.45) is 0. The number of anilines is 2. The summed E-state index contributed by atoms with van der Waals surface area (Å²) in [4.78, 5) is 14.4. The van der Waals surface area contributed by atoms with E-state index < -0.39 is 0 Å². The van der Waals surface area contributed by atoms with Crippen molar-refractivity contribution >= 4 is 17.3 Å². The minimum absolute atomic E-state index is 0.126. The lowest BCUT2D eigenvalue weighted by Crippen LogP contribution is -2.35. The average molecular weight is 297 g/mol. The van der Waals surface area contributed by atoms with Gasteiger partial charge in [0.25, 0.3) is 5.91 Å². The van der Waals surface area contributed by atoms with Gasteiger partial charge in [0.05, 0.1) is 5.56 Å². The van der Waals surface area contributed by atoms with Crippen molar-refractivity contribution < 1.29 is 4.79 Å². The van der Waals surface area contributed by atoms with Gasteiger partial charge >= 0.3 is 0 Å². The van der Waals surface area contributed by atoms with Crippen LogP contribution in [-0.2, 0) is 0 Å². The molecule has 4 heteroatoms. The van der Waals surface area contributed by atoms with Crippen molar-refractivity contribution in [2.24, 2.45) is 0 Å². The summed E-state index contributed by atoms with van der Waals surface area (Å²) in [7, 11) is 0. The molecule has 3 N–H and O–H groups in total. The Morgan fingerprint density at radius 3 is 2.50 bits per heavy atom. The molecule has 0 atom stereocenters. The summed E-state index contributed by atoms with van der Waals surface area (Å²) in [6.45, 7) is 6.45. The second kappa shape index (κ2) is 7.50. The minimum atomic E-state index is -0.126. The molecule has 116 valence electrons. The molecule has 0 aliphatic rings. The zero-order chi connectivity index (χ0) is 15.9. The minimum Gasteiger partial charge on any atom is -0.398 e. The third-order valence-electron chi connectivity index (χ3n) is 3.71. The van der Waals surface area contributed by atoms with E-state index in [9.17, 15) is 4.79 Å². The van der Waals surface area contributed by atoms with Gasteiger partial charge < -0.3 is 16.0 Å². The number of hydrogen-bond acceptors (Lipinski definition) is 3. The molecule has 2 rings (SSSR count). The molecule has 0 spiro atoms. The highest BCUT2D eigenvalue weighted by molar-refractivity contribution is 5.99. The Balaban J connectivity index is 1.94. The Kier molecular flexibility index (Phi) is 5.42. The monoisotopic (exact) mass is 297 g/mol. The Morgan fingerprint density at radius 1 is 1.14 bits per heavy atom. The largest absolute Gasteiger partial charge is 0.398 e. The lowest BCUT2D eigenvalue weighted by molar-refractivity contribution is 0.0955. The molecular formula is C18H23N3O. The van der Waals surface area contributed by atoms with Crippen molar-refractivity contribution in [1.82, 2.24) is 5.32 Å². The van der Waals surface area contributed by atoms with Crippen molar-refractivity contribution in [2.75, 3.05) is 30.3 Å². The van der Waals surface area contributed by atoms with Gasteiger partial charge in [-0.25, -0.2) is 0 Å². The Labute approximate surface area is 131 Å². The number of likely N-dealkylation sites (N-methyl/N-ethyl adjacent to an activating group) is 1. The van der Waals surface area contributed by atoms with Crippen LogP contribution in [0.15, 0.2) is 48.5 Å². The van der Waals surface area contributed by atoms with E-state index in [0.29, 0.717) is 17.8 Å². The van der Waals surface area contributed by atoms with Crippen molar-refractivity contribution in [3.05, 3.63) is 59.7 Å². The summed E-state index contributed by atoms with van der Waals surface area (Å²) in [5, 5.41) is 2.93. The number of rotatable bonds is 6. The molecule has 0 bridgehead atoms. The number of nitrogens with two attached hydrogens (primary N) is 1. The highest BCUT2D eigenvalue weighted by Gasteiger charge is 2.10. The highest BCUT2D eigenvalue weighted by Crippen LogP contribution is 2.18. The van der Waals surface area contributed by atoms with E-state index in [4.69, 9.17) is 5.73 Å². The summed E-state index contributed by atoms with van der Waals surface area (Å²) in [5.74, 6) is -0.126. The van der Waals surface area contributed by atoms with Crippen LogP contribution in [-0.4, -0.2) is 25.5 Å². The van der Waals surface area contributed by atoms with Gasteiger partial charge in [-0.2, -0.15) is 0 Å². The predicted molar refractivity (Wildman–Crippen MR) is 92.3 cm³/mol. The standard InChI is InChI=1S/C18H23N3O/c1-3-21(17-11-7-4-8-14(17)2)13-12-20-18(22)15-9-5-6-10-16(15)19/h4-11H,3,12-13,19H2,1-2H3,(H,20,22). The van der Waals surface area contributed by atoms with Crippen molar-refractivity contribution in [3.63, 3.8) is 0 Å². The average Bonchev–Trinajstić information content (AvgIpc) is 2.53. The number of benzene rings is 2. The molecule has 0 saturated heterocycles. The van der Waals surface area contributed by atoms with Gasteiger partial charge in [-0.3, -0.25) is 4.79 Å². The van der Waals surface area contributed by atoms with Gasteiger partial charge in [-0.15, -0.1) is 0 Å². The van der Waals surface area contributed by atoms with Crippen LogP contribution in [0.2, 0.25) is 0 Å². The lowest BCUT2D eigenvalue weighted by atomic mass is 10.1. The number of para-hydroxylation sites is 2. The number of nitrogens with one attached hydrogen (secondary N) is 1. The maximum absolute atomic E-state index is 12.1. The Morgan fingerprint density at radius 2 is 1.82 bits per heavy atom. The van der Waals surface area contributed by atoms with Gasteiger partial charge in [0, 0.05) is 31.0 Å². The predicted octanol–water partition coefficient (Wildman–Crippen LogP) is 2.83. The molecule has 2 aromatic carbocycles. The van der Waals surface area contributed by atoms with E-state index in [2.05, 4.69) is 36.2 Å². The molecule has 0 fully saturated rings. The van der Waals surface area contributed by atoms with Gasteiger partial charge in [0.1, 0.15) is 0 Å².